The Labute approximate surface area is 178 Å². The van der Waals surface area contributed by atoms with Gasteiger partial charge in [-0.3, -0.25) is 0 Å². The lowest BCUT2D eigenvalue weighted by molar-refractivity contribution is 0.170. The molecule has 1 aliphatic heterocycles. The highest BCUT2D eigenvalue weighted by molar-refractivity contribution is 5.59. The first-order valence-corrected chi connectivity index (χ1v) is 10.5. The van der Waals surface area contributed by atoms with Crippen LogP contribution in [0, 0.1) is 0 Å². The Morgan fingerprint density at radius 1 is 0.900 bits per heavy atom. The van der Waals surface area contributed by atoms with E-state index in [2.05, 4.69) is 43.3 Å². The van der Waals surface area contributed by atoms with E-state index in [-0.39, 0.29) is 11.1 Å². The van der Waals surface area contributed by atoms with Crippen LogP contribution in [-0.2, 0) is 0 Å². The van der Waals surface area contributed by atoms with Crippen molar-refractivity contribution in [3.63, 3.8) is 0 Å². The van der Waals surface area contributed by atoms with Crippen LogP contribution < -0.4 is 15.4 Å². The fraction of sp³-hybridized carbons (Fsp3) is 0.360. The number of hydrogen-bond acceptors (Lipinski definition) is 5. The zero-order valence-corrected chi connectivity index (χ0v) is 18.1. The summed E-state index contributed by atoms with van der Waals surface area (Å²) in [6, 6.07) is 20.0. The topological polar surface area (TPSA) is 59.1 Å². The lowest BCUT2D eigenvalue weighted by atomic mass is 9.79. The van der Waals surface area contributed by atoms with Gasteiger partial charge in [0.2, 0.25) is 0 Å². The number of nitrogens with zero attached hydrogens (tertiary/aromatic N) is 2. The number of benzene rings is 2. The molecule has 2 heterocycles. The second-order valence-corrected chi connectivity index (χ2v) is 9.35. The van der Waals surface area contributed by atoms with Crippen molar-refractivity contribution in [1.29, 1.82) is 0 Å². The molecule has 3 aromatic rings. The molecule has 0 atom stereocenters. The van der Waals surface area contributed by atoms with Crippen molar-refractivity contribution in [2.24, 2.45) is 0 Å². The number of aromatic nitrogens is 2. The zero-order chi connectivity index (χ0) is 21.2. The summed E-state index contributed by atoms with van der Waals surface area (Å²) < 4.78 is 5.96. The number of para-hydroxylation sites is 1. The molecule has 30 heavy (non-hydrogen) atoms. The van der Waals surface area contributed by atoms with Crippen LogP contribution in [0.5, 0.6) is 11.5 Å². The molecule has 2 N–H and O–H groups in total. The van der Waals surface area contributed by atoms with Crippen molar-refractivity contribution in [2.75, 3.05) is 5.32 Å². The van der Waals surface area contributed by atoms with Crippen molar-refractivity contribution in [2.45, 2.75) is 57.7 Å². The Kier molecular flexibility index (Phi) is 5.48. The van der Waals surface area contributed by atoms with Gasteiger partial charge < -0.3 is 15.4 Å². The van der Waals surface area contributed by atoms with E-state index in [0.717, 1.165) is 35.7 Å². The smallest absolute Gasteiger partial charge is 0.161 e. The van der Waals surface area contributed by atoms with Crippen LogP contribution >= 0.6 is 0 Å². The summed E-state index contributed by atoms with van der Waals surface area (Å²) in [6.07, 6.45) is 3.89. The molecule has 5 heteroatoms. The van der Waals surface area contributed by atoms with Crippen molar-refractivity contribution >= 4 is 5.82 Å². The van der Waals surface area contributed by atoms with E-state index < -0.39 is 0 Å². The third-order valence-corrected chi connectivity index (χ3v) is 5.27. The van der Waals surface area contributed by atoms with Gasteiger partial charge in [-0.05, 0) is 70.9 Å². The van der Waals surface area contributed by atoms with Crippen molar-refractivity contribution in [3.05, 3.63) is 66.9 Å². The maximum Gasteiger partial charge on any atom is 0.161 e. The van der Waals surface area contributed by atoms with E-state index in [1.807, 2.05) is 66.9 Å². The van der Waals surface area contributed by atoms with Crippen molar-refractivity contribution < 1.29 is 4.74 Å². The summed E-state index contributed by atoms with van der Waals surface area (Å²) in [5, 5.41) is 7.36. The molecule has 0 aliphatic carbocycles. The minimum atomic E-state index is 0.0817. The fourth-order valence-electron chi connectivity index (χ4n) is 4.53. The summed E-state index contributed by atoms with van der Waals surface area (Å²) in [7, 11) is 0. The highest BCUT2D eigenvalue weighted by Gasteiger charge is 2.37. The van der Waals surface area contributed by atoms with Gasteiger partial charge in [0.25, 0.3) is 0 Å². The number of hydrogen-bond donors (Lipinski definition) is 2. The first-order chi connectivity index (χ1) is 14.3. The molecule has 0 radical (unpaired) electrons. The van der Waals surface area contributed by atoms with Crippen LogP contribution in [0.3, 0.4) is 0 Å². The maximum atomic E-state index is 5.96. The van der Waals surface area contributed by atoms with E-state index in [1.165, 1.54) is 0 Å². The fourth-order valence-corrected chi connectivity index (χ4v) is 4.53. The molecule has 2 aromatic carbocycles. The van der Waals surface area contributed by atoms with Gasteiger partial charge in [0.05, 0.1) is 0 Å². The molecule has 1 fully saturated rings. The first-order valence-electron chi connectivity index (χ1n) is 10.5. The third kappa shape index (κ3) is 5.16. The Balaban J connectivity index is 1.52. The van der Waals surface area contributed by atoms with Gasteiger partial charge in [-0.25, -0.2) is 9.97 Å². The van der Waals surface area contributed by atoms with Gasteiger partial charge in [0, 0.05) is 28.9 Å². The minimum Gasteiger partial charge on any atom is -0.457 e. The predicted molar refractivity (Wildman–Crippen MR) is 122 cm³/mol. The molecule has 0 spiro atoms. The highest BCUT2D eigenvalue weighted by Crippen LogP contribution is 2.31. The standard InChI is InChI=1S/C25H30N4O/c1-24(2)16-19(17-25(3,4)29-24)27-22-13-14-26-23(28-22)18-9-8-12-21(15-18)30-20-10-6-5-7-11-20/h5-15,19,29H,16-17H2,1-4H3,(H,26,27,28). The zero-order valence-electron chi connectivity index (χ0n) is 18.1. The molecular formula is C25H30N4O. The summed E-state index contributed by atoms with van der Waals surface area (Å²) in [6.45, 7) is 9.02. The number of nitrogens with one attached hydrogen (secondary N) is 2. The van der Waals surface area contributed by atoms with Gasteiger partial charge in [-0.2, -0.15) is 0 Å². The van der Waals surface area contributed by atoms with Gasteiger partial charge in [-0.15, -0.1) is 0 Å². The number of piperidine rings is 1. The van der Waals surface area contributed by atoms with E-state index in [4.69, 9.17) is 9.72 Å². The lowest BCUT2D eigenvalue weighted by Gasteiger charge is -2.46. The van der Waals surface area contributed by atoms with E-state index in [1.54, 1.807) is 0 Å². The third-order valence-electron chi connectivity index (χ3n) is 5.27. The van der Waals surface area contributed by atoms with E-state index in [9.17, 15) is 0 Å². The van der Waals surface area contributed by atoms with Crippen LogP contribution in [-0.4, -0.2) is 27.1 Å². The van der Waals surface area contributed by atoms with Crippen molar-refractivity contribution in [1.82, 2.24) is 15.3 Å². The van der Waals surface area contributed by atoms with Crippen LogP contribution in [0.4, 0.5) is 5.82 Å². The average molecular weight is 403 g/mol. The lowest BCUT2D eigenvalue weighted by Crippen LogP contribution is -2.60. The molecule has 0 amide bonds. The largest absolute Gasteiger partial charge is 0.457 e. The minimum absolute atomic E-state index is 0.0817. The highest BCUT2D eigenvalue weighted by atomic mass is 16.5. The van der Waals surface area contributed by atoms with Crippen LogP contribution in [0.1, 0.15) is 40.5 Å². The Hall–Kier alpha value is -2.92. The predicted octanol–water partition coefficient (Wildman–Crippen LogP) is 5.66. The van der Waals surface area contributed by atoms with Crippen LogP contribution in [0.2, 0.25) is 0 Å². The van der Waals surface area contributed by atoms with Crippen LogP contribution in [0.15, 0.2) is 66.9 Å². The Morgan fingerprint density at radius 2 is 1.60 bits per heavy atom. The Bertz CT molecular complexity index is 985. The molecule has 5 nitrogen and oxygen atoms in total. The molecule has 1 saturated heterocycles. The molecule has 1 aliphatic rings. The number of anilines is 1. The summed E-state index contributed by atoms with van der Waals surface area (Å²) >= 11 is 0. The summed E-state index contributed by atoms with van der Waals surface area (Å²) in [5.74, 6) is 3.11. The normalized spacial score (nSPS) is 18.0. The molecule has 156 valence electrons. The molecule has 0 saturated carbocycles. The summed E-state index contributed by atoms with van der Waals surface area (Å²) in [5.41, 5.74) is 1.09. The first kappa shape index (κ1) is 20.4. The monoisotopic (exact) mass is 402 g/mol. The second-order valence-electron chi connectivity index (χ2n) is 9.35. The van der Waals surface area contributed by atoms with Gasteiger partial charge in [0.1, 0.15) is 17.3 Å². The molecule has 1 aromatic heterocycles. The second kappa shape index (κ2) is 8.07. The van der Waals surface area contributed by atoms with Gasteiger partial charge in [-0.1, -0.05) is 30.3 Å². The van der Waals surface area contributed by atoms with E-state index in [0.29, 0.717) is 11.9 Å². The van der Waals surface area contributed by atoms with Crippen molar-refractivity contribution in [3.8, 4) is 22.9 Å². The summed E-state index contributed by atoms with van der Waals surface area (Å²) in [4.78, 5) is 9.27. The van der Waals surface area contributed by atoms with Crippen LogP contribution in [0.25, 0.3) is 11.4 Å². The Morgan fingerprint density at radius 3 is 2.33 bits per heavy atom. The molecular weight excluding hydrogens is 372 g/mol. The molecule has 0 bridgehead atoms. The maximum absolute atomic E-state index is 5.96. The SMILES string of the molecule is CC1(C)CC(Nc2ccnc(-c3cccc(Oc4ccccc4)c3)n2)CC(C)(C)N1. The van der Waals surface area contributed by atoms with Gasteiger partial charge >= 0.3 is 0 Å². The molecule has 0 unspecified atom stereocenters. The van der Waals surface area contributed by atoms with E-state index >= 15 is 0 Å². The molecule has 4 rings (SSSR count). The van der Waals surface area contributed by atoms with Gasteiger partial charge in [0.15, 0.2) is 5.82 Å². The number of rotatable bonds is 5. The number of ether oxygens (including phenoxy) is 1. The average Bonchev–Trinajstić information content (AvgIpc) is 2.67. The quantitative estimate of drug-likeness (QED) is 0.577.